The maximum Gasteiger partial charge on any atom is -0.0131 e. The molecule has 0 spiro atoms. The molecule has 5 heavy (non-hydrogen) atoms. The van der Waals surface area contributed by atoms with Gasteiger partial charge in [0.1, 0.15) is 0 Å². The van der Waals surface area contributed by atoms with Crippen molar-refractivity contribution >= 4 is 14.7 Å². The largest absolute Gasteiger partial charge is 0.126 e. The Hall–Kier alpha value is -0.0900. The van der Waals surface area contributed by atoms with Crippen molar-refractivity contribution < 1.29 is 0 Å². The fraction of sp³-hybridized carbons (Fsp3) is 0.250. The van der Waals surface area contributed by atoms with Crippen molar-refractivity contribution in [2.24, 2.45) is 0 Å². The summed E-state index contributed by atoms with van der Waals surface area (Å²) in [5.74, 6) is 1.87. The van der Waals surface area contributed by atoms with E-state index in [2.05, 4.69) is 15.4 Å². The maximum absolute atomic E-state index is 3.49. The number of hydrogen-bond acceptors (Lipinski definition) is 0. The highest BCUT2D eigenvalue weighted by molar-refractivity contribution is 7.18. The highest BCUT2D eigenvalue weighted by Gasteiger charge is 1.53. The molecule has 0 fully saturated rings. The van der Waals surface area contributed by atoms with E-state index in [1.54, 1.807) is 0 Å². The Morgan fingerprint density at radius 1 is 1.80 bits per heavy atom. The van der Waals surface area contributed by atoms with Crippen LogP contribution in [0.3, 0.4) is 0 Å². The first-order chi connectivity index (χ1) is 2.41. The molecule has 0 saturated carbocycles. The Labute approximate surface area is 34.7 Å². The summed E-state index contributed by atoms with van der Waals surface area (Å²) in [4.78, 5) is 0. The van der Waals surface area contributed by atoms with Crippen LogP contribution in [-0.2, 0) is 0 Å². The first-order valence-corrected chi connectivity index (χ1v) is 2.09. The second-order valence-electron chi connectivity index (χ2n) is 0.729. The number of rotatable bonds is 2. The summed E-state index contributed by atoms with van der Waals surface area (Å²) in [6.45, 7) is 3.49. The fourth-order valence-corrected chi connectivity index (χ4v) is 0.250. The zero-order valence-corrected chi connectivity index (χ0v) is 4.07. The predicted molar refractivity (Wildman–Crippen MR) is 29.2 cm³/mol. The molecule has 0 aliphatic heterocycles. The molecular formula is C4H7P. The van der Waals surface area contributed by atoms with E-state index >= 15 is 0 Å². The first kappa shape index (κ1) is 4.91. The van der Waals surface area contributed by atoms with E-state index in [1.807, 2.05) is 11.9 Å². The van der Waals surface area contributed by atoms with E-state index in [1.165, 1.54) is 0 Å². The average Bonchev–Trinajstić information content (AvgIpc) is 1.41. The van der Waals surface area contributed by atoms with Gasteiger partial charge in [-0.1, -0.05) is 11.9 Å². The molecule has 0 amide bonds. The van der Waals surface area contributed by atoms with E-state index in [4.69, 9.17) is 0 Å². The van der Waals surface area contributed by atoms with E-state index in [0.717, 1.165) is 6.42 Å². The molecule has 28 valence electrons. The lowest BCUT2D eigenvalue weighted by Crippen LogP contribution is -1.53. The molecule has 0 aromatic rings. The van der Waals surface area contributed by atoms with Crippen LogP contribution >= 0.6 is 8.86 Å². The van der Waals surface area contributed by atoms with Gasteiger partial charge in [-0.2, -0.15) is 0 Å². The van der Waals surface area contributed by atoms with Gasteiger partial charge in [-0.25, -0.2) is 0 Å². The van der Waals surface area contributed by atoms with Crippen LogP contribution in [0.2, 0.25) is 0 Å². The lowest BCUT2D eigenvalue weighted by molar-refractivity contribution is 1.60. The first-order valence-electron chi connectivity index (χ1n) is 1.51. The van der Waals surface area contributed by atoms with Gasteiger partial charge < -0.3 is 0 Å². The van der Waals surface area contributed by atoms with Crippen LogP contribution in [0.5, 0.6) is 0 Å². The third-order valence-corrected chi connectivity index (χ3v) is 0.520. The summed E-state index contributed by atoms with van der Waals surface area (Å²) in [6, 6.07) is 0. The van der Waals surface area contributed by atoms with Crippen LogP contribution in [0, 0.1) is 0 Å². The Bertz CT molecular complexity index is 32.9. The molecule has 0 radical (unpaired) electrons. The fourth-order valence-electron chi connectivity index (χ4n) is 0.0833. The molecule has 0 unspecified atom stereocenters. The topological polar surface area (TPSA) is 0 Å². The third kappa shape index (κ3) is 3.91. The van der Waals surface area contributed by atoms with Gasteiger partial charge >= 0.3 is 0 Å². The molecule has 0 aromatic heterocycles. The van der Waals surface area contributed by atoms with Crippen LogP contribution in [0.15, 0.2) is 12.7 Å². The standard InChI is InChI=1S/C4H7P/c1-2-3-4-5/h2,4-5H,1,3H2. The molecule has 0 heterocycles. The second-order valence-corrected chi connectivity index (χ2v) is 1.14. The summed E-state index contributed by atoms with van der Waals surface area (Å²) < 4.78 is 0. The monoisotopic (exact) mass is 86.0 g/mol. The maximum atomic E-state index is 3.49. The molecule has 0 aromatic carbocycles. The van der Waals surface area contributed by atoms with E-state index in [9.17, 15) is 0 Å². The normalized spacial score (nSPS) is 6.40. The molecular weight excluding hydrogens is 79.0 g/mol. The van der Waals surface area contributed by atoms with Gasteiger partial charge in [-0.15, -0.1) is 15.4 Å². The summed E-state index contributed by atoms with van der Waals surface area (Å²) in [5, 5.41) is 0. The Morgan fingerprint density at radius 2 is 2.40 bits per heavy atom. The van der Waals surface area contributed by atoms with Gasteiger partial charge in [0, 0.05) is 0 Å². The Balaban J connectivity index is 2.65. The van der Waals surface area contributed by atoms with Crippen LogP contribution in [0.1, 0.15) is 6.42 Å². The van der Waals surface area contributed by atoms with Crippen molar-refractivity contribution in [3.63, 3.8) is 0 Å². The zero-order valence-electron chi connectivity index (χ0n) is 3.07. The smallest absolute Gasteiger partial charge is 0.0131 e. The molecule has 0 aliphatic rings. The minimum atomic E-state index is 0.941. The van der Waals surface area contributed by atoms with Crippen molar-refractivity contribution in [3.8, 4) is 0 Å². The lowest BCUT2D eigenvalue weighted by Gasteiger charge is -1.63. The molecule has 1 heteroatoms. The quantitative estimate of drug-likeness (QED) is 0.353. The predicted octanol–water partition coefficient (Wildman–Crippen LogP) is 1.51. The van der Waals surface area contributed by atoms with Crippen molar-refractivity contribution in [1.82, 2.24) is 0 Å². The molecule has 0 N–H and O–H groups in total. The number of allylic oxidation sites excluding steroid dienone is 1. The van der Waals surface area contributed by atoms with Gasteiger partial charge in [0.2, 0.25) is 0 Å². The average molecular weight is 86.1 g/mol. The van der Waals surface area contributed by atoms with Crippen LogP contribution < -0.4 is 0 Å². The number of hydrogen-bond donors (Lipinski definition) is 0. The molecule has 0 rings (SSSR count). The van der Waals surface area contributed by atoms with Crippen molar-refractivity contribution in [2.75, 3.05) is 0 Å². The van der Waals surface area contributed by atoms with Crippen LogP contribution in [0.25, 0.3) is 0 Å². The van der Waals surface area contributed by atoms with Crippen molar-refractivity contribution in [1.29, 1.82) is 0 Å². The molecule has 0 atom stereocenters. The minimum absolute atomic E-state index is 0.941. The zero-order chi connectivity index (χ0) is 4.12. The Kier molecular flexibility index (Phi) is 3.84. The molecule has 0 aliphatic carbocycles. The van der Waals surface area contributed by atoms with E-state index in [-0.39, 0.29) is 0 Å². The SMILES string of the molecule is C=CCC=P. The highest BCUT2D eigenvalue weighted by Crippen LogP contribution is 1.70. The molecule has 0 nitrogen and oxygen atoms in total. The van der Waals surface area contributed by atoms with Crippen molar-refractivity contribution in [3.05, 3.63) is 12.7 Å². The van der Waals surface area contributed by atoms with Crippen LogP contribution in [0.4, 0.5) is 0 Å². The summed E-state index contributed by atoms with van der Waals surface area (Å²) in [5.41, 5.74) is 0. The Morgan fingerprint density at radius 3 is 2.40 bits per heavy atom. The summed E-state index contributed by atoms with van der Waals surface area (Å²) in [7, 11) is 3.15. The van der Waals surface area contributed by atoms with Gasteiger partial charge in [-0.05, 0) is 6.42 Å². The van der Waals surface area contributed by atoms with Crippen molar-refractivity contribution in [2.45, 2.75) is 6.42 Å². The minimum Gasteiger partial charge on any atom is -0.126 e. The van der Waals surface area contributed by atoms with E-state index < -0.39 is 0 Å². The van der Waals surface area contributed by atoms with Gasteiger partial charge in [0.05, 0.1) is 0 Å². The summed E-state index contributed by atoms with van der Waals surface area (Å²) >= 11 is 0. The molecule has 0 bridgehead atoms. The summed E-state index contributed by atoms with van der Waals surface area (Å²) in [6.07, 6.45) is 2.77. The highest BCUT2D eigenvalue weighted by atomic mass is 31.0. The van der Waals surface area contributed by atoms with Gasteiger partial charge in [0.25, 0.3) is 0 Å². The van der Waals surface area contributed by atoms with Crippen LogP contribution in [-0.4, -0.2) is 5.80 Å². The second kappa shape index (κ2) is 3.91. The van der Waals surface area contributed by atoms with Gasteiger partial charge in [0.15, 0.2) is 0 Å². The van der Waals surface area contributed by atoms with E-state index in [0.29, 0.717) is 0 Å². The van der Waals surface area contributed by atoms with Gasteiger partial charge in [-0.3, -0.25) is 0 Å². The third-order valence-electron chi connectivity index (χ3n) is 0.285. The lowest BCUT2D eigenvalue weighted by atomic mass is 10.5. The molecule has 0 saturated heterocycles.